The topological polar surface area (TPSA) is 131 Å². The minimum Gasteiger partial charge on any atom is -0.444 e. The number of benzene rings is 2. The number of carbonyl (C=O) groups is 4. The average Bonchev–Trinajstić information content (AvgIpc) is 2.83. The number of hydrogen-bond donors (Lipinski definition) is 3. The maximum atomic E-state index is 14.1. The molecule has 2 atom stereocenters. The van der Waals surface area contributed by atoms with Gasteiger partial charge in [0.2, 0.25) is 11.8 Å². The second kappa shape index (κ2) is 13.6. The molecular weight excluding hydrogens is 496 g/mol. The lowest BCUT2D eigenvalue weighted by molar-refractivity contribution is -0.140. The molecule has 0 aliphatic rings. The van der Waals surface area contributed by atoms with Crippen molar-refractivity contribution in [3.63, 3.8) is 0 Å². The van der Waals surface area contributed by atoms with Gasteiger partial charge in [-0.1, -0.05) is 48.0 Å². The number of rotatable bonds is 11. The molecular formula is C30H40N4O5. The Morgan fingerprint density at radius 2 is 1.72 bits per heavy atom. The lowest BCUT2D eigenvalue weighted by Gasteiger charge is -2.34. The van der Waals surface area contributed by atoms with Crippen LogP contribution in [0, 0.1) is 20.8 Å². The van der Waals surface area contributed by atoms with Crippen LogP contribution in [-0.2, 0) is 19.1 Å². The molecule has 0 aliphatic carbocycles. The summed E-state index contributed by atoms with van der Waals surface area (Å²) in [5.74, 6) is -1.63. The predicted octanol–water partition coefficient (Wildman–Crippen LogP) is 4.47. The number of hydrogen-bond acceptors (Lipinski definition) is 5. The Hall–Kier alpha value is -4.14. The Balaban J connectivity index is 2.58. The summed E-state index contributed by atoms with van der Waals surface area (Å²) in [4.78, 5) is 53.6. The molecule has 39 heavy (non-hydrogen) atoms. The molecule has 0 aromatic heterocycles. The smallest absolute Gasteiger partial charge is 0.408 e. The molecule has 0 fully saturated rings. The molecule has 0 bridgehead atoms. The van der Waals surface area contributed by atoms with Crippen LogP contribution in [0.15, 0.2) is 55.1 Å². The van der Waals surface area contributed by atoms with Crippen molar-refractivity contribution >= 4 is 29.5 Å². The number of nitrogens with two attached hydrogens (primary N) is 1. The van der Waals surface area contributed by atoms with Gasteiger partial charge in [0.25, 0.3) is 5.91 Å². The van der Waals surface area contributed by atoms with Gasteiger partial charge in [0.1, 0.15) is 17.7 Å². The maximum absolute atomic E-state index is 14.1. The number of para-hydroxylation sites is 1. The molecule has 2 aromatic carbocycles. The van der Waals surface area contributed by atoms with E-state index in [2.05, 4.69) is 17.2 Å². The lowest BCUT2D eigenvalue weighted by atomic mass is 9.95. The van der Waals surface area contributed by atoms with Gasteiger partial charge in [-0.3, -0.25) is 14.4 Å². The van der Waals surface area contributed by atoms with Crippen molar-refractivity contribution in [3.05, 3.63) is 77.4 Å². The van der Waals surface area contributed by atoms with Crippen LogP contribution in [0.4, 0.5) is 10.5 Å². The normalized spacial score (nSPS) is 12.6. The Bertz CT molecular complexity index is 1220. The van der Waals surface area contributed by atoms with E-state index in [4.69, 9.17) is 10.5 Å². The molecule has 210 valence electrons. The number of alkyl carbamates (subject to hydrolysis) is 1. The number of carbonyl (C=O) groups excluding carboxylic acids is 4. The molecule has 2 aromatic rings. The number of aryl methyl sites for hydroxylation is 3. The van der Waals surface area contributed by atoms with Crippen LogP contribution < -0.4 is 16.4 Å². The average molecular weight is 537 g/mol. The van der Waals surface area contributed by atoms with E-state index in [0.29, 0.717) is 11.3 Å². The van der Waals surface area contributed by atoms with Crippen LogP contribution in [-0.4, -0.2) is 46.9 Å². The Morgan fingerprint density at radius 1 is 1.05 bits per heavy atom. The minimum absolute atomic E-state index is 0.00113. The van der Waals surface area contributed by atoms with Crippen molar-refractivity contribution in [1.29, 1.82) is 0 Å². The van der Waals surface area contributed by atoms with Crippen LogP contribution >= 0.6 is 0 Å². The Labute approximate surface area is 230 Å². The van der Waals surface area contributed by atoms with Crippen molar-refractivity contribution in [2.24, 2.45) is 5.73 Å². The first-order valence-corrected chi connectivity index (χ1v) is 12.9. The lowest BCUT2D eigenvalue weighted by Crippen LogP contribution is -2.52. The number of anilines is 1. The fourth-order valence-electron chi connectivity index (χ4n) is 4.08. The predicted molar refractivity (Wildman–Crippen MR) is 152 cm³/mol. The molecule has 0 saturated carbocycles. The number of nitrogens with one attached hydrogen (secondary N) is 2. The zero-order chi connectivity index (χ0) is 29.3. The molecule has 0 spiro atoms. The van der Waals surface area contributed by atoms with Gasteiger partial charge < -0.3 is 26.0 Å². The summed E-state index contributed by atoms with van der Waals surface area (Å²) in [6, 6.07) is 10.8. The van der Waals surface area contributed by atoms with E-state index < -0.39 is 41.5 Å². The highest BCUT2D eigenvalue weighted by Crippen LogP contribution is 2.29. The third kappa shape index (κ3) is 9.28. The van der Waals surface area contributed by atoms with E-state index in [0.717, 1.165) is 16.7 Å². The second-order valence-corrected chi connectivity index (χ2v) is 10.5. The molecule has 0 radical (unpaired) electrons. The van der Waals surface area contributed by atoms with Gasteiger partial charge in [-0.05, 0) is 70.7 Å². The van der Waals surface area contributed by atoms with E-state index in [-0.39, 0.29) is 19.4 Å². The van der Waals surface area contributed by atoms with Crippen molar-refractivity contribution < 1.29 is 23.9 Å². The van der Waals surface area contributed by atoms with Crippen molar-refractivity contribution in [1.82, 2.24) is 10.2 Å². The van der Waals surface area contributed by atoms with E-state index in [1.54, 1.807) is 26.8 Å². The molecule has 2 unspecified atom stereocenters. The van der Waals surface area contributed by atoms with Crippen molar-refractivity contribution in [3.8, 4) is 0 Å². The summed E-state index contributed by atoms with van der Waals surface area (Å²) >= 11 is 0. The monoisotopic (exact) mass is 536 g/mol. The summed E-state index contributed by atoms with van der Waals surface area (Å²) < 4.78 is 5.35. The highest BCUT2D eigenvalue weighted by molar-refractivity contribution is 5.99. The van der Waals surface area contributed by atoms with Gasteiger partial charge >= 0.3 is 6.09 Å². The molecule has 0 heterocycles. The van der Waals surface area contributed by atoms with Gasteiger partial charge in [0.15, 0.2) is 0 Å². The minimum atomic E-state index is -1.17. The van der Waals surface area contributed by atoms with E-state index in [1.165, 1.54) is 11.0 Å². The molecule has 4 amide bonds. The summed E-state index contributed by atoms with van der Waals surface area (Å²) in [5.41, 5.74) is 8.36. The van der Waals surface area contributed by atoms with Crippen LogP contribution in [0.5, 0.6) is 0 Å². The van der Waals surface area contributed by atoms with E-state index in [9.17, 15) is 19.2 Å². The van der Waals surface area contributed by atoms with Crippen LogP contribution in [0.25, 0.3) is 0 Å². The standard InChI is InChI=1S/C30H40N4O5/c1-8-17-34(28(37)24(15-16-25(31)35)33-29(38)39-30(5,6)7)26(22-18-19(2)13-14-20(22)3)27(36)32-23-12-10-9-11-21(23)4/h8-14,18,24,26H,1,15-17H2,2-7H3,(H2,31,35)(H,32,36)(H,33,38). The molecule has 2 rings (SSSR count). The van der Waals surface area contributed by atoms with Gasteiger partial charge in [0.05, 0.1) is 0 Å². The highest BCUT2D eigenvalue weighted by atomic mass is 16.6. The highest BCUT2D eigenvalue weighted by Gasteiger charge is 2.36. The van der Waals surface area contributed by atoms with Crippen LogP contribution in [0.3, 0.4) is 0 Å². The summed E-state index contributed by atoms with van der Waals surface area (Å²) in [6.07, 6.45) is 0.462. The first-order chi connectivity index (χ1) is 18.2. The van der Waals surface area contributed by atoms with Gasteiger partial charge in [-0.15, -0.1) is 6.58 Å². The van der Waals surface area contributed by atoms with Crippen molar-refractivity contribution in [2.75, 3.05) is 11.9 Å². The third-order valence-corrected chi connectivity index (χ3v) is 5.97. The van der Waals surface area contributed by atoms with E-state index >= 15 is 0 Å². The fourth-order valence-corrected chi connectivity index (χ4v) is 4.08. The van der Waals surface area contributed by atoms with Gasteiger partial charge in [-0.2, -0.15) is 0 Å². The van der Waals surface area contributed by atoms with Gasteiger partial charge in [0, 0.05) is 18.7 Å². The van der Waals surface area contributed by atoms with Gasteiger partial charge in [-0.25, -0.2) is 4.79 Å². The first-order valence-electron chi connectivity index (χ1n) is 12.9. The molecule has 9 nitrogen and oxygen atoms in total. The number of primary amides is 1. The second-order valence-electron chi connectivity index (χ2n) is 10.5. The quantitative estimate of drug-likeness (QED) is 0.365. The van der Waals surface area contributed by atoms with Crippen LogP contribution in [0.2, 0.25) is 0 Å². The van der Waals surface area contributed by atoms with E-state index in [1.807, 2.05) is 57.2 Å². The van der Waals surface area contributed by atoms with Crippen LogP contribution in [0.1, 0.15) is 61.9 Å². The molecule has 9 heteroatoms. The molecule has 4 N–H and O–H groups in total. The molecule has 0 saturated heterocycles. The number of nitrogens with zero attached hydrogens (tertiary/aromatic N) is 1. The summed E-state index contributed by atoms with van der Waals surface area (Å²) in [5, 5.41) is 5.53. The Morgan fingerprint density at radius 3 is 2.31 bits per heavy atom. The third-order valence-electron chi connectivity index (χ3n) is 5.97. The molecule has 0 aliphatic heterocycles. The zero-order valence-electron chi connectivity index (χ0n) is 23.7. The maximum Gasteiger partial charge on any atom is 0.408 e. The summed E-state index contributed by atoms with van der Waals surface area (Å²) in [7, 11) is 0. The number of ether oxygens (including phenoxy) is 1. The fraction of sp³-hybridized carbons (Fsp3) is 0.400. The van der Waals surface area contributed by atoms with Crippen molar-refractivity contribution in [2.45, 2.75) is 72.1 Å². The number of amides is 4. The zero-order valence-corrected chi connectivity index (χ0v) is 23.7. The SMILES string of the molecule is C=CCN(C(=O)C(CCC(N)=O)NC(=O)OC(C)(C)C)C(C(=O)Nc1ccccc1C)c1cc(C)ccc1C. The summed E-state index contributed by atoms with van der Waals surface area (Å²) in [6.45, 7) is 14.5. The Kier molecular flexibility index (Phi) is 10.8. The largest absolute Gasteiger partial charge is 0.444 e. The first kappa shape index (κ1) is 31.1.